The van der Waals surface area contributed by atoms with E-state index < -0.39 is 12.0 Å². The molecule has 7 nitrogen and oxygen atoms in total. The number of rotatable bonds is 6. The fourth-order valence-corrected chi connectivity index (χ4v) is 3.63. The third kappa shape index (κ3) is 4.59. The standard InChI is InChI=1S/C19H19N3O4S/c1-12-11-27-19-21-15(8-17(24)22(12)19)10-26-18(25)9-16(20-13(2)23)14-6-4-3-5-7-14/h3-8,11,16H,9-10H2,1-2H3,(H,20,23). The number of carbonyl (C=O) groups is 2. The normalized spacial score (nSPS) is 11.9. The Kier molecular flexibility index (Phi) is 5.66. The average Bonchev–Trinajstić information content (AvgIpc) is 3.01. The quantitative estimate of drug-likeness (QED) is 0.658. The van der Waals surface area contributed by atoms with Gasteiger partial charge >= 0.3 is 5.97 Å². The van der Waals surface area contributed by atoms with E-state index in [2.05, 4.69) is 10.3 Å². The van der Waals surface area contributed by atoms with Gasteiger partial charge in [0.1, 0.15) is 6.61 Å². The van der Waals surface area contributed by atoms with Gasteiger partial charge in [-0.05, 0) is 12.5 Å². The molecule has 0 aliphatic carbocycles. The molecule has 2 aromatic heterocycles. The van der Waals surface area contributed by atoms with Crippen molar-refractivity contribution in [3.63, 3.8) is 0 Å². The largest absolute Gasteiger partial charge is 0.459 e. The Morgan fingerprint density at radius 2 is 2.04 bits per heavy atom. The van der Waals surface area contributed by atoms with Crippen LogP contribution in [0, 0.1) is 6.92 Å². The topological polar surface area (TPSA) is 89.8 Å². The van der Waals surface area contributed by atoms with Gasteiger partial charge in [0.2, 0.25) is 5.91 Å². The van der Waals surface area contributed by atoms with Crippen LogP contribution in [-0.2, 0) is 20.9 Å². The lowest BCUT2D eigenvalue weighted by molar-refractivity contribution is -0.145. The highest BCUT2D eigenvalue weighted by molar-refractivity contribution is 7.15. The van der Waals surface area contributed by atoms with Crippen LogP contribution in [0.3, 0.4) is 0 Å². The second-order valence-corrected chi connectivity index (χ2v) is 6.95. The molecular formula is C19H19N3O4S. The highest BCUT2D eigenvalue weighted by Gasteiger charge is 2.18. The lowest BCUT2D eigenvalue weighted by atomic mass is 10.0. The summed E-state index contributed by atoms with van der Waals surface area (Å²) in [6.45, 7) is 3.14. The molecular weight excluding hydrogens is 366 g/mol. The molecule has 0 bridgehead atoms. The van der Waals surface area contributed by atoms with Gasteiger partial charge in [-0.25, -0.2) is 4.98 Å². The van der Waals surface area contributed by atoms with Gasteiger partial charge in [0, 0.05) is 24.1 Å². The Morgan fingerprint density at radius 1 is 1.30 bits per heavy atom. The molecule has 2 heterocycles. The number of nitrogens with one attached hydrogen (secondary N) is 1. The molecule has 1 unspecified atom stereocenters. The van der Waals surface area contributed by atoms with E-state index in [1.54, 1.807) is 0 Å². The van der Waals surface area contributed by atoms with Gasteiger partial charge in [0.05, 0.1) is 18.2 Å². The van der Waals surface area contributed by atoms with Crippen LogP contribution in [0.15, 0.2) is 46.6 Å². The molecule has 0 saturated heterocycles. The molecule has 27 heavy (non-hydrogen) atoms. The predicted octanol–water partition coefficient (Wildman–Crippen LogP) is 2.38. The van der Waals surface area contributed by atoms with E-state index in [4.69, 9.17) is 4.74 Å². The van der Waals surface area contributed by atoms with Crippen molar-refractivity contribution in [1.29, 1.82) is 0 Å². The number of thiazole rings is 1. The van der Waals surface area contributed by atoms with Crippen molar-refractivity contribution in [2.75, 3.05) is 0 Å². The van der Waals surface area contributed by atoms with E-state index in [-0.39, 0.29) is 24.5 Å². The SMILES string of the molecule is CC(=O)NC(CC(=O)OCc1cc(=O)n2c(C)csc2n1)c1ccccc1. The molecule has 3 rings (SSSR count). The lowest BCUT2D eigenvalue weighted by Crippen LogP contribution is -2.28. The van der Waals surface area contributed by atoms with Crippen LogP contribution in [0.1, 0.15) is 36.3 Å². The summed E-state index contributed by atoms with van der Waals surface area (Å²) in [7, 11) is 0. The minimum Gasteiger partial charge on any atom is -0.459 e. The minimum atomic E-state index is -0.484. The fraction of sp³-hybridized carbons (Fsp3) is 0.263. The van der Waals surface area contributed by atoms with Gasteiger partial charge < -0.3 is 10.1 Å². The first-order valence-corrected chi connectivity index (χ1v) is 9.26. The minimum absolute atomic E-state index is 0.0110. The van der Waals surface area contributed by atoms with Crippen LogP contribution in [0.25, 0.3) is 4.96 Å². The van der Waals surface area contributed by atoms with Crippen LogP contribution >= 0.6 is 11.3 Å². The van der Waals surface area contributed by atoms with Crippen LogP contribution in [0.5, 0.6) is 0 Å². The zero-order valence-electron chi connectivity index (χ0n) is 15.0. The number of carbonyl (C=O) groups excluding carboxylic acids is 2. The Morgan fingerprint density at radius 3 is 2.74 bits per heavy atom. The smallest absolute Gasteiger partial charge is 0.308 e. The molecule has 0 saturated carbocycles. The first kappa shape index (κ1) is 18.8. The van der Waals surface area contributed by atoms with Gasteiger partial charge in [-0.15, -0.1) is 11.3 Å². The van der Waals surface area contributed by atoms with Gasteiger partial charge in [0.25, 0.3) is 5.56 Å². The summed E-state index contributed by atoms with van der Waals surface area (Å²) < 4.78 is 6.79. The number of hydrogen-bond acceptors (Lipinski definition) is 6. The molecule has 140 valence electrons. The number of amides is 1. The van der Waals surface area contributed by atoms with Crippen LogP contribution < -0.4 is 10.9 Å². The highest BCUT2D eigenvalue weighted by atomic mass is 32.1. The van der Waals surface area contributed by atoms with Crippen LogP contribution in [0.4, 0.5) is 0 Å². The lowest BCUT2D eigenvalue weighted by Gasteiger charge is -2.17. The zero-order valence-corrected chi connectivity index (χ0v) is 15.8. The first-order valence-electron chi connectivity index (χ1n) is 8.38. The van der Waals surface area contributed by atoms with E-state index >= 15 is 0 Å². The second-order valence-electron chi connectivity index (χ2n) is 6.11. The number of fused-ring (bicyclic) bond motifs is 1. The number of esters is 1. The Labute approximate surface area is 159 Å². The number of aryl methyl sites for hydroxylation is 1. The Bertz CT molecular complexity index is 1030. The monoisotopic (exact) mass is 385 g/mol. The van der Waals surface area contributed by atoms with E-state index in [1.807, 2.05) is 42.6 Å². The molecule has 0 aliphatic rings. The summed E-state index contributed by atoms with van der Waals surface area (Å²) in [6, 6.07) is 10.1. The zero-order chi connectivity index (χ0) is 19.4. The molecule has 0 fully saturated rings. The van der Waals surface area contributed by atoms with E-state index in [0.717, 1.165) is 11.3 Å². The molecule has 3 aromatic rings. The molecule has 1 atom stereocenters. The van der Waals surface area contributed by atoms with Crippen molar-refractivity contribution in [3.05, 3.63) is 69.1 Å². The molecule has 0 spiro atoms. The number of aromatic nitrogens is 2. The Balaban J connectivity index is 1.67. The van der Waals surface area contributed by atoms with Gasteiger partial charge in [-0.1, -0.05) is 30.3 Å². The summed E-state index contributed by atoms with van der Waals surface area (Å²) in [5.74, 6) is -0.716. The van der Waals surface area contributed by atoms with Crippen molar-refractivity contribution in [3.8, 4) is 0 Å². The van der Waals surface area contributed by atoms with E-state index in [9.17, 15) is 14.4 Å². The first-order chi connectivity index (χ1) is 12.9. The maximum atomic E-state index is 12.3. The number of nitrogens with zero attached hydrogens (tertiary/aromatic N) is 2. The summed E-state index contributed by atoms with van der Waals surface area (Å²) in [5, 5.41) is 4.60. The van der Waals surface area contributed by atoms with Crippen molar-refractivity contribution in [2.45, 2.75) is 32.9 Å². The number of hydrogen-bond donors (Lipinski definition) is 1. The van der Waals surface area contributed by atoms with Crippen LogP contribution in [-0.4, -0.2) is 21.3 Å². The molecule has 1 N–H and O–H groups in total. The van der Waals surface area contributed by atoms with Gasteiger partial charge in [-0.3, -0.25) is 18.8 Å². The average molecular weight is 385 g/mol. The van der Waals surface area contributed by atoms with Gasteiger partial charge in [0.15, 0.2) is 4.96 Å². The predicted molar refractivity (Wildman–Crippen MR) is 101 cm³/mol. The third-order valence-electron chi connectivity index (χ3n) is 3.96. The van der Waals surface area contributed by atoms with Crippen molar-refractivity contribution >= 4 is 28.2 Å². The third-order valence-corrected chi connectivity index (χ3v) is 4.90. The Hall–Kier alpha value is -3.00. The van der Waals surface area contributed by atoms with Gasteiger partial charge in [-0.2, -0.15) is 0 Å². The molecule has 0 aliphatic heterocycles. The summed E-state index contributed by atoms with van der Waals surface area (Å²) in [5.41, 5.74) is 1.82. The summed E-state index contributed by atoms with van der Waals surface area (Å²) in [6.07, 6.45) is -0.0110. The van der Waals surface area contributed by atoms with E-state index in [0.29, 0.717) is 10.7 Å². The highest BCUT2D eigenvalue weighted by Crippen LogP contribution is 2.18. The van der Waals surface area contributed by atoms with E-state index in [1.165, 1.54) is 28.7 Å². The molecule has 0 radical (unpaired) electrons. The maximum Gasteiger partial charge on any atom is 0.308 e. The molecule has 1 aromatic carbocycles. The van der Waals surface area contributed by atoms with Crippen molar-refractivity contribution in [1.82, 2.24) is 14.7 Å². The number of ether oxygens (including phenoxy) is 1. The van der Waals surface area contributed by atoms with Crippen molar-refractivity contribution in [2.24, 2.45) is 0 Å². The summed E-state index contributed by atoms with van der Waals surface area (Å²) >= 11 is 1.36. The van der Waals surface area contributed by atoms with Crippen molar-refractivity contribution < 1.29 is 14.3 Å². The molecule has 1 amide bonds. The number of benzene rings is 1. The summed E-state index contributed by atoms with van der Waals surface area (Å²) in [4.78, 5) is 40.8. The molecule has 8 heteroatoms. The second kappa shape index (κ2) is 8.13. The maximum absolute atomic E-state index is 12.3. The fourth-order valence-electron chi connectivity index (χ4n) is 2.74. The van der Waals surface area contributed by atoms with Crippen LogP contribution in [0.2, 0.25) is 0 Å².